The number of nitrogens with one attached hydrogen (secondary N) is 2. The molecule has 174 valence electrons. The van der Waals surface area contributed by atoms with Gasteiger partial charge in [0.25, 0.3) is 5.91 Å². The number of hydrogen-bond donors (Lipinski definition) is 3. The molecule has 0 aromatic heterocycles. The second-order valence-corrected chi connectivity index (χ2v) is 8.17. The van der Waals surface area contributed by atoms with Crippen LogP contribution in [0, 0.1) is 0 Å². The number of carbonyl (C=O) groups is 3. The van der Waals surface area contributed by atoms with Crippen molar-refractivity contribution in [3.63, 3.8) is 0 Å². The van der Waals surface area contributed by atoms with Crippen molar-refractivity contribution in [3.05, 3.63) is 89.5 Å². The average molecular weight is 459 g/mol. The lowest BCUT2D eigenvalue weighted by molar-refractivity contribution is -0.137. The molecule has 3 aromatic carbocycles. The third-order valence-corrected chi connectivity index (χ3v) is 6.00. The fraction of sp³-hybridized carbons (Fsp3) is 0.222. The van der Waals surface area contributed by atoms with Crippen LogP contribution in [0.2, 0.25) is 0 Å². The van der Waals surface area contributed by atoms with E-state index in [2.05, 4.69) is 22.8 Å². The lowest BCUT2D eigenvalue weighted by Gasteiger charge is -2.17. The molecule has 0 spiro atoms. The number of anilines is 1. The van der Waals surface area contributed by atoms with Crippen LogP contribution in [-0.4, -0.2) is 35.7 Å². The molecule has 4 rings (SSSR count). The molecule has 1 aliphatic carbocycles. The molecule has 0 heterocycles. The first-order chi connectivity index (χ1) is 16.5. The van der Waals surface area contributed by atoms with Crippen molar-refractivity contribution in [2.24, 2.45) is 0 Å². The van der Waals surface area contributed by atoms with Gasteiger partial charge in [-0.15, -0.1) is 0 Å². The van der Waals surface area contributed by atoms with Gasteiger partial charge in [-0.1, -0.05) is 67.6 Å². The average Bonchev–Trinajstić information content (AvgIpc) is 3.16. The largest absolute Gasteiger partial charge is 0.481 e. The number of rotatable bonds is 8. The first kappa shape index (κ1) is 23.0. The molecule has 3 N–H and O–H groups in total. The quantitative estimate of drug-likeness (QED) is 0.439. The zero-order valence-corrected chi connectivity index (χ0v) is 18.8. The van der Waals surface area contributed by atoms with Crippen molar-refractivity contribution in [1.29, 1.82) is 0 Å². The summed E-state index contributed by atoms with van der Waals surface area (Å²) < 4.78 is 5.57. The third-order valence-electron chi connectivity index (χ3n) is 6.00. The van der Waals surface area contributed by atoms with Gasteiger partial charge in [-0.05, 0) is 40.8 Å². The van der Waals surface area contributed by atoms with Crippen LogP contribution < -0.4 is 10.6 Å². The third kappa shape index (κ3) is 4.93. The van der Waals surface area contributed by atoms with E-state index in [1.54, 1.807) is 31.2 Å². The van der Waals surface area contributed by atoms with Crippen LogP contribution >= 0.6 is 0 Å². The van der Waals surface area contributed by atoms with E-state index in [0.717, 1.165) is 22.3 Å². The van der Waals surface area contributed by atoms with Crippen LogP contribution in [0.25, 0.3) is 11.1 Å². The lowest BCUT2D eigenvalue weighted by atomic mass is 9.98. The highest BCUT2D eigenvalue weighted by Gasteiger charge is 2.29. The van der Waals surface area contributed by atoms with Crippen molar-refractivity contribution < 1.29 is 24.2 Å². The molecule has 0 aliphatic heterocycles. The minimum absolute atomic E-state index is 0.0713. The van der Waals surface area contributed by atoms with Gasteiger partial charge in [0.2, 0.25) is 0 Å². The fourth-order valence-electron chi connectivity index (χ4n) is 4.31. The number of aliphatic carboxylic acids is 1. The van der Waals surface area contributed by atoms with Crippen LogP contribution in [0.4, 0.5) is 10.5 Å². The Morgan fingerprint density at radius 2 is 1.50 bits per heavy atom. The van der Waals surface area contributed by atoms with E-state index in [1.165, 1.54) is 0 Å². The Hall–Kier alpha value is -4.13. The van der Waals surface area contributed by atoms with Gasteiger partial charge >= 0.3 is 12.1 Å². The van der Waals surface area contributed by atoms with Crippen LogP contribution in [0.15, 0.2) is 72.8 Å². The van der Waals surface area contributed by atoms with Crippen molar-refractivity contribution >= 4 is 23.7 Å². The van der Waals surface area contributed by atoms with E-state index in [9.17, 15) is 14.4 Å². The van der Waals surface area contributed by atoms with Crippen LogP contribution in [0.1, 0.15) is 47.2 Å². The molecule has 34 heavy (non-hydrogen) atoms. The molecule has 0 saturated heterocycles. The molecule has 0 fully saturated rings. The maximum Gasteiger partial charge on any atom is 0.411 e. The van der Waals surface area contributed by atoms with E-state index in [0.29, 0.717) is 12.1 Å². The maximum atomic E-state index is 12.7. The number of carboxylic acids is 1. The summed E-state index contributed by atoms with van der Waals surface area (Å²) >= 11 is 0. The Balaban J connectivity index is 1.44. The van der Waals surface area contributed by atoms with E-state index < -0.39 is 24.0 Å². The summed E-state index contributed by atoms with van der Waals surface area (Å²) in [5.41, 5.74) is 5.03. The summed E-state index contributed by atoms with van der Waals surface area (Å²) in [7, 11) is 0. The van der Waals surface area contributed by atoms with Gasteiger partial charge in [0.15, 0.2) is 0 Å². The number of fused-ring (bicyclic) bond motifs is 3. The summed E-state index contributed by atoms with van der Waals surface area (Å²) in [6.45, 7) is 1.96. The van der Waals surface area contributed by atoms with E-state index in [4.69, 9.17) is 9.84 Å². The Labute approximate surface area is 197 Å². The SMILES string of the molecule is CC[C@@H](CC(=O)O)NC(=O)c1ccccc1NC(=O)OCC1c2ccccc2-c2ccccc21. The van der Waals surface area contributed by atoms with E-state index in [1.807, 2.05) is 36.4 Å². The highest BCUT2D eigenvalue weighted by atomic mass is 16.5. The number of ether oxygens (including phenoxy) is 1. The Kier molecular flexibility index (Phi) is 6.92. The predicted molar refractivity (Wildman–Crippen MR) is 129 cm³/mol. The Morgan fingerprint density at radius 3 is 2.12 bits per heavy atom. The molecule has 3 aromatic rings. The van der Waals surface area contributed by atoms with Crippen LogP contribution in [0.5, 0.6) is 0 Å². The monoisotopic (exact) mass is 458 g/mol. The van der Waals surface area contributed by atoms with E-state index in [-0.39, 0.29) is 24.5 Å². The molecule has 0 unspecified atom stereocenters. The second-order valence-electron chi connectivity index (χ2n) is 8.17. The van der Waals surface area contributed by atoms with Gasteiger partial charge in [-0.25, -0.2) is 4.79 Å². The molecule has 0 saturated carbocycles. The standard InChI is InChI=1S/C27H26N2O5/c1-2-17(15-25(30)31)28-26(32)22-13-7-8-14-24(22)29-27(33)34-16-23-20-11-5-3-9-18(20)19-10-4-6-12-21(19)23/h3-14,17,23H,2,15-16H2,1H3,(H,28,32)(H,29,33)(H,30,31)/t17-/m0/s1. The van der Waals surface area contributed by atoms with Crippen molar-refractivity contribution in [2.45, 2.75) is 31.7 Å². The molecule has 1 atom stereocenters. The van der Waals surface area contributed by atoms with Gasteiger partial charge in [0.05, 0.1) is 17.7 Å². The normalized spacial score (nSPS) is 12.9. The van der Waals surface area contributed by atoms with Crippen molar-refractivity contribution in [1.82, 2.24) is 5.32 Å². The fourth-order valence-corrected chi connectivity index (χ4v) is 4.31. The minimum atomic E-state index is -0.989. The topological polar surface area (TPSA) is 105 Å². The molecular weight excluding hydrogens is 432 g/mol. The molecule has 0 bridgehead atoms. The van der Waals surface area contributed by atoms with Crippen LogP contribution in [0.3, 0.4) is 0 Å². The molecule has 1 aliphatic rings. The smallest absolute Gasteiger partial charge is 0.411 e. The highest BCUT2D eigenvalue weighted by molar-refractivity contribution is 6.02. The second kappa shape index (κ2) is 10.2. The van der Waals surface area contributed by atoms with Crippen molar-refractivity contribution in [3.8, 4) is 11.1 Å². The number of carbonyl (C=O) groups excluding carboxylic acids is 2. The zero-order valence-electron chi connectivity index (χ0n) is 18.8. The summed E-state index contributed by atoms with van der Waals surface area (Å²) in [5.74, 6) is -1.52. The minimum Gasteiger partial charge on any atom is -0.481 e. The zero-order chi connectivity index (χ0) is 24.1. The summed E-state index contributed by atoms with van der Waals surface area (Å²) in [4.78, 5) is 36.4. The number of para-hydroxylation sites is 1. The van der Waals surface area contributed by atoms with Crippen molar-refractivity contribution in [2.75, 3.05) is 11.9 Å². The molecule has 7 heteroatoms. The number of amides is 2. The summed E-state index contributed by atoms with van der Waals surface area (Å²) in [5, 5.41) is 14.4. The van der Waals surface area contributed by atoms with Gasteiger partial charge in [-0.3, -0.25) is 14.9 Å². The number of hydrogen-bond acceptors (Lipinski definition) is 4. The lowest BCUT2D eigenvalue weighted by Crippen LogP contribution is -2.36. The van der Waals surface area contributed by atoms with E-state index >= 15 is 0 Å². The number of carboxylic acid groups (broad SMARTS) is 1. The molecular formula is C27H26N2O5. The summed E-state index contributed by atoms with van der Waals surface area (Å²) in [6.07, 6.45) is -0.371. The first-order valence-corrected chi connectivity index (χ1v) is 11.2. The van der Waals surface area contributed by atoms with Crippen LogP contribution in [-0.2, 0) is 9.53 Å². The summed E-state index contributed by atoms with van der Waals surface area (Å²) in [6, 6.07) is 22.2. The van der Waals surface area contributed by atoms with Gasteiger partial charge < -0.3 is 15.2 Å². The van der Waals surface area contributed by atoms with Gasteiger partial charge in [-0.2, -0.15) is 0 Å². The van der Waals surface area contributed by atoms with Gasteiger partial charge in [0.1, 0.15) is 6.61 Å². The molecule has 2 amide bonds. The molecule has 7 nitrogen and oxygen atoms in total. The molecule has 0 radical (unpaired) electrons. The van der Waals surface area contributed by atoms with Gasteiger partial charge in [0, 0.05) is 12.0 Å². The number of benzene rings is 3. The Bertz CT molecular complexity index is 1180. The highest BCUT2D eigenvalue weighted by Crippen LogP contribution is 2.44. The first-order valence-electron chi connectivity index (χ1n) is 11.2. The Morgan fingerprint density at radius 1 is 0.912 bits per heavy atom. The maximum absolute atomic E-state index is 12.7. The predicted octanol–water partition coefficient (Wildman–Crippen LogP) is 5.03.